The van der Waals surface area contributed by atoms with Crippen LogP contribution in [0.1, 0.15) is 21.6 Å². The molecule has 0 bridgehead atoms. The van der Waals surface area contributed by atoms with E-state index in [0.29, 0.717) is 31.9 Å². The summed E-state index contributed by atoms with van der Waals surface area (Å²) in [6.07, 6.45) is 0. The van der Waals surface area contributed by atoms with E-state index in [9.17, 15) is 14.9 Å². The lowest BCUT2D eigenvalue weighted by molar-refractivity contribution is -0.384. The van der Waals surface area contributed by atoms with Gasteiger partial charge in [-0.05, 0) is 73.5 Å². The minimum atomic E-state index is -0.404. The molecule has 194 valence electrons. The summed E-state index contributed by atoms with van der Waals surface area (Å²) in [6, 6.07) is 22.0. The normalized spacial score (nSPS) is 13.4. The average Bonchev–Trinajstić information content (AvgIpc) is 3.40. The molecule has 9 heteroatoms. The SMILES string of the molecule is COc1ccc(-n2nc(-c3ccc(C)c(C)c3)cc2C(=O)N2CCN(c3ccc([N+](=O)[O-])cc3)CC2)cc1. The van der Waals surface area contributed by atoms with Gasteiger partial charge in [0.2, 0.25) is 0 Å². The fraction of sp³-hybridized carbons (Fsp3) is 0.241. The van der Waals surface area contributed by atoms with Gasteiger partial charge in [-0.3, -0.25) is 14.9 Å². The van der Waals surface area contributed by atoms with Crippen molar-refractivity contribution in [2.24, 2.45) is 0 Å². The summed E-state index contributed by atoms with van der Waals surface area (Å²) in [5, 5.41) is 15.8. The molecule has 4 aromatic rings. The maximum atomic E-state index is 13.8. The van der Waals surface area contributed by atoms with Gasteiger partial charge in [0, 0.05) is 49.6 Å². The van der Waals surface area contributed by atoms with Crippen molar-refractivity contribution in [3.63, 3.8) is 0 Å². The van der Waals surface area contributed by atoms with E-state index in [1.807, 2.05) is 41.3 Å². The maximum Gasteiger partial charge on any atom is 0.272 e. The molecule has 1 fully saturated rings. The molecule has 1 aliphatic heterocycles. The van der Waals surface area contributed by atoms with Crippen molar-refractivity contribution in [2.45, 2.75) is 13.8 Å². The Morgan fingerprint density at radius 3 is 2.13 bits per heavy atom. The van der Waals surface area contributed by atoms with Gasteiger partial charge in [0.25, 0.3) is 11.6 Å². The second-order valence-electron chi connectivity index (χ2n) is 9.38. The molecule has 1 saturated heterocycles. The first-order valence-corrected chi connectivity index (χ1v) is 12.4. The van der Waals surface area contributed by atoms with Crippen molar-refractivity contribution in [2.75, 3.05) is 38.2 Å². The summed E-state index contributed by atoms with van der Waals surface area (Å²) < 4.78 is 7.00. The Bertz CT molecular complexity index is 1470. The van der Waals surface area contributed by atoms with Gasteiger partial charge >= 0.3 is 0 Å². The zero-order chi connectivity index (χ0) is 26.8. The van der Waals surface area contributed by atoms with Crippen molar-refractivity contribution in [1.82, 2.24) is 14.7 Å². The number of benzene rings is 3. The molecular formula is C29H29N5O4. The second kappa shape index (κ2) is 10.4. The smallest absolute Gasteiger partial charge is 0.272 e. The molecule has 3 aromatic carbocycles. The first kappa shape index (κ1) is 25.0. The number of carbonyl (C=O) groups excluding carboxylic acids is 1. The van der Waals surface area contributed by atoms with E-state index in [1.54, 1.807) is 23.9 Å². The molecule has 0 atom stereocenters. The Morgan fingerprint density at radius 1 is 0.868 bits per heavy atom. The highest BCUT2D eigenvalue weighted by atomic mass is 16.6. The van der Waals surface area contributed by atoms with Crippen molar-refractivity contribution in [3.8, 4) is 22.7 Å². The highest BCUT2D eigenvalue weighted by molar-refractivity contribution is 5.94. The van der Waals surface area contributed by atoms with Crippen LogP contribution in [0.5, 0.6) is 5.75 Å². The molecule has 1 amide bonds. The number of amides is 1. The van der Waals surface area contributed by atoms with Gasteiger partial charge in [0.15, 0.2) is 0 Å². The summed E-state index contributed by atoms with van der Waals surface area (Å²) >= 11 is 0. The Morgan fingerprint density at radius 2 is 1.53 bits per heavy atom. The lowest BCUT2D eigenvalue weighted by Gasteiger charge is -2.36. The van der Waals surface area contributed by atoms with Gasteiger partial charge in [-0.15, -0.1) is 0 Å². The molecular weight excluding hydrogens is 482 g/mol. The molecule has 0 aliphatic carbocycles. The number of non-ortho nitro benzene ring substituents is 1. The minimum Gasteiger partial charge on any atom is -0.497 e. The van der Waals surface area contributed by atoms with Gasteiger partial charge in [-0.1, -0.05) is 12.1 Å². The molecule has 2 heterocycles. The molecule has 38 heavy (non-hydrogen) atoms. The van der Waals surface area contributed by atoms with E-state index in [4.69, 9.17) is 9.84 Å². The number of nitro benzene ring substituents is 1. The number of piperazine rings is 1. The number of hydrogen-bond donors (Lipinski definition) is 0. The fourth-order valence-corrected chi connectivity index (χ4v) is 4.61. The number of hydrogen-bond acceptors (Lipinski definition) is 6. The number of aromatic nitrogens is 2. The zero-order valence-electron chi connectivity index (χ0n) is 21.6. The third-order valence-corrected chi connectivity index (χ3v) is 7.04. The molecule has 5 rings (SSSR count). The summed E-state index contributed by atoms with van der Waals surface area (Å²) in [7, 11) is 1.62. The third-order valence-electron chi connectivity index (χ3n) is 7.04. The molecule has 0 saturated carbocycles. The van der Waals surface area contributed by atoms with Gasteiger partial charge in [-0.2, -0.15) is 5.10 Å². The van der Waals surface area contributed by atoms with Gasteiger partial charge in [0.05, 0.1) is 23.4 Å². The fourth-order valence-electron chi connectivity index (χ4n) is 4.61. The lowest BCUT2D eigenvalue weighted by atomic mass is 10.0. The van der Waals surface area contributed by atoms with Gasteiger partial charge in [-0.25, -0.2) is 4.68 Å². The van der Waals surface area contributed by atoms with E-state index in [-0.39, 0.29) is 11.6 Å². The number of aryl methyl sites for hydroxylation is 2. The summed E-state index contributed by atoms with van der Waals surface area (Å²) in [6.45, 7) is 6.45. The Kier molecular flexibility index (Phi) is 6.83. The molecule has 0 radical (unpaired) electrons. The largest absolute Gasteiger partial charge is 0.497 e. The van der Waals surface area contributed by atoms with E-state index < -0.39 is 4.92 Å². The monoisotopic (exact) mass is 511 g/mol. The molecule has 1 aliphatic rings. The standard InChI is InChI=1S/C29H29N5O4/c1-20-4-5-22(18-21(20)2)27-19-28(33(30-27)24-10-12-26(38-3)13-11-24)29(35)32-16-14-31(15-17-32)23-6-8-25(9-7-23)34(36)37/h4-13,18-19H,14-17H2,1-3H3. The third kappa shape index (κ3) is 4.95. The number of nitrogens with zero attached hydrogens (tertiary/aromatic N) is 5. The van der Waals surface area contributed by atoms with Crippen LogP contribution in [-0.4, -0.2) is 58.8 Å². The minimum absolute atomic E-state index is 0.0638. The Labute approximate surface area is 221 Å². The van der Waals surface area contributed by atoms with Crippen LogP contribution in [-0.2, 0) is 0 Å². The lowest BCUT2D eigenvalue weighted by Crippen LogP contribution is -2.49. The second-order valence-corrected chi connectivity index (χ2v) is 9.38. The molecule has 0 spiro atoms. The predicted molar refractivity (Wildman–Crippen MR) is 146 cm³/mol. The van der Waals surface area contributed by atoms with E-state index in [0.717, 1.165) is 33.9 Å². The zero-order valence-corrected chi connectivity index (χ0v) is 21.6. The number of nitro groups is 1. The summed E-state index contributed by atoms with van der Waals surface area (Å²) in [5.41, 5.74) is 6.29. The quantitative estimate of drug-likeness (QED) is 0.266. The summed E-state index contributed by atoms with van der Waals surface area (Å²) in [4.78, 5) is 28.3. The Balaban J connectivity index is 1.41. The van der Waals surface area contributed by atoms with Crippen LogP contribution in [0.3, 0.4) is 0 Å². The van der Waals surface area contributed by atoms with Crippen LogP contribution in [0, 0.1) is 24.0 Å². The summed E-state index contributed by atoms with van der Waals surface area (Å²) in [5.74, 6) is 0.636. The van der Waals surface area contributed by atoms with Crippen molar-refractivity contribution in [1.29, 1.82) is 0 Å². The number of rotatable bonds is 6. The van der Waals surface area contributed by atoms with Crippen LogP contribution >= 0.6 is 0 Å². The number of ether oxygens (including phenoxy) is 1. The topological polar surface area (TPSA) is 93.7 Å². The van der Waals surface area contributed by atoms with Crippen LogP contribution in [0.2, 0.25) is 0 Å². The number of carbonyl (C=O) groups is 1. The first-order valence-electron chi connectivity index (χ1n) is 12.4. The van der Waals surface area contributed by atoms with E-state index in [1.165, 1.54) is 17.7 Å². The van der Waals surface area contributed by atoms with Gasteiger partial charge in [0.1, 0.15) is 11.4 Å². The van der Waals surface area contributed by atoms with E-state index in [2.05, 4.69) is 30.9 Å². The molecule has 0 N–H and O–H groups in total. The van der Waals surface area contributed by atoms with Crippen LogP contribution in [0.4, 0.5) is 11.4 Å². The Hall–Kier alpha value is -4.66. The van der Waals surface area contributed by atoms with Crippen molar-refractivity contribution < 1.29 is 14.5 Å². The van der Waals surface area contributed by atoms with Crippen LogP contribution in [0.15, 0.2) is 72.8 Å². The molecule has 1 aromatic heterocycles. The van der Waals surface area contributed by atoms with Crippen molar-refractivity contribution in [3.05, 3.63) is 99.7 Å². The predicted octanol–water partition coefficient (Wildman–Crippen LogP) is 5.04. The number of methoxy groups -OCH3 is 1. The van der Waals surface area contributed by atoms with Gasteiger partial charge < -0.3 is 14.5 Å². The number of anilines is 1. The van der Waals surface area contributed by atoms with Crippen LogP contribution < -0.4 is 9.64 Å². The average molecular weight is 512 g/mol. The van der Waals surface area contributed by atoms with Crippen molar-refractivity contribution >= 4 is 17.3 Å². The highest BCUT2D eigenvalue weighted by Crippen LogP contribution is 2.27. The van der Waals surface area contributed by atoms with Crippen LogP contribution in [0.25, 0.3) is 16.9 Å². The molecule has 9 nitrogen and oxygen atoms in total. The van der Waals surface area contributed by atoms with E-state index >= 15 is 0 Å². The first-order chi connectivity index (χ1) is 18.3. The maximum absolute atomic E-state index is 13.8. The molecule has 0 unspecified atom stereocenters. The highest BCUT2D eigenvalue weighted by Gasteiger charge is 2.27.